The van der Waals surface area contributed by atoms with E-state index in [-0.39, 0.29) is 23.5 Å². The maximum absolute atomic E-state index is 10.5. The smallest absolute Gasteiger partial charge is 0.343 e. The summed E-state index contributed by atoms with van der Waals surface area (Å²) in [7, 11) is 2.51. The summed E-state index contributed by atoms with van der Waals surface area (Å²) in [6.07, 6.45) is 3.00. The number of aliphatic imine (C=N–C) groups is 1. The van der Waals surface area contributed by atoms with Crippen LogP contribution in [0.1, 0.15) is 25.7 Å². The zero-order valence-corrected chi connectivity index (χ0v) is 14.1. The van der Waals surface area contributed by atoms with E-state index in [0.717, 1.165) is 26.5 Å². The Morgan fingerprint density at radius 3 is 2.46 bits per heavy atom. The number of hydrogen-bond acceptors (Lipinski definition) is 8. The largest absolute Gasteiger partial charge is 0.400 e. The number of likely N-dealkylation sites (tertiary alicyclic amines) is 1. The van der Waals surface area contributed by atoms with Gasteiger partial charge >= 0.3 is 5.96 Å². The molecule has 1 unspecified atom stereocenters. The van der Waals surface area contributed by atoms with Crippen molar-refractivity contribution >= 4 is 23.7 Å². The number of nitrogens with zero attached hydrogens (tertiary/aromatic N) is 3. The van der Waals surface area contributed by atoms with E-state index in [1.807, 2.05) is 0 Å². The molecule has 2 amide bonds. The van der Waals surface area contributed by atoms with Crippen LogP contribution in [0.2, 0.25) is 0 Å². The summed E-state index contributed by atoms with van der Waals surface area (Å²) in [5, 5.41) is 10.3. The Morgan fingerprint density at radius 2 is 1.92 bits per heavy atom. The van der Waals surface area contributed by atoms with Gasteiger partial charge in [-0.25, -0.2) is 4.99 Å². The van der Waals surface area contributed by atoms with Crippen molar-refractivity contribution < 1.29 is 19.7 Å². The fourth-order valence-electron chi connectivity index (χ4n) is 3.47. The number of rotatable bonds is 0. The predicted molar refractivity (Wildman–Crippen MR) is 87.4 cm³/mol. The van der Waals surface area contributed by atoms with Crippen molar-refractivity contribution in [3.8, 4) is 0 Å². The van der Waals surface area contributed by atoms with E-state index in [0.29, 0.717) is 31.3 Å². The monoisotopic (exact) mass is 340 g/mol. The number of nitrogens with two attached hydrogens (primary N) is 2. The highest BCUT2D eigenvalue weighted by molar-refractivity contribution is 6.01. The summed E-state index contributed by atoms with van der Waals surface area (Å²) in [6, 6.07) is 0.261. The predicted octanol–water partition coefficient (Wildman–Crippen LogP) is -4.15. The van der Waals surface area contributed by atoms with E-state index in [1.165, 1.54) is 11.9 Å². The lowest BCUT2D eigenvalue weighted by Gasteiger charge is -2.39. The summed E-state index contributed by atoms with van der Waals surface area (Å²) in [4.78, 5) is 31.8. The van der Waals surface area contributed by atoms with Gasteiger partial charge in [0.15, 0.2) is 11.6 Å². The summed E-state index contributed by atoms with van der Waals surface area (Å²) >= 11 is 0. The summed E-state index contributed by atoms with van der Waals surface area (Å²) in [6.45, 7) is 1.67. The van der Waals surface area contributed by atoms with Gasteiger partial charge in [-0.05, 0) is 6.42 Å². The quantitative estimate of drug-likeness (QED) is 0.281. The van der Waals surface area contributed by atoms with Crippen LogP contribution in [0.15, 0.2) is 4.99 Å². The van der Waals surface area contributed by atoms with Gasteiger partial charge in [0.05, 0.1) is 6.54 Å². The minimum Gasteiger partial charge on any atom is -0.400 e. The molecule has 0 aromatic heterocycles. The van der Waals surface area contributed by atoms with Gasteiger partial charge in [-0.15, -0.1) is 0 Å². The zero-order chi connectivity index (χ0) is 17.9. The van der Waals surface area contributed by atoms with Crippen molar-refractivity contribution in [1.82, 2.24) is 15.1 Å². The van der Waals surface area contributed by atoms with Crippen molar-refractivity contribution in [2.45, 2.75) is 37.4 Å². The standard InChI is InChI=1S/C8H14N6.C5H7NO2.CH4O/c9-6-12-5-4-11-7(10)14-3-1-2-8(5,14)13-6;1-6-4(7)2-3-5(6)8;1-2/h5H,1-4H2,(H2,10,11)(H3,9,12,13);2-3H2,1H3;2H,1H3/p+1/t5?,8-;;/m1../s1. The van der Waals surface area contributed by atoms with Crippen LogP contribution in [-0.4, -0.2) is 77.6 Å². The maximum atomic E-state index is 10.5. The molecular formula is C14H26N7O3+. The average molecular weight is 340 g/mol. The highest BCUT2D eigenvalue weighted by Crippen LogP contribution is 2.31. The second-order valence-electron chi connectivity index (χ2n) is 5.96. The lowest BCUT2D eigenvalue weighted by atomic mass is 9.97. The van der Waals surface area contributed by atoms with Crippen LogP contribution < -0.4 is 21.8 Å². The third-order valence-corrected chi connectivity index (χ3v) is 4.69. The van der Waals surface area contributed by atoms with Crippen molar-refractivity contribution in [2.75, 3.05) is 27.2 Å². The number of carbonyl (C=O) groups is 2. The van der Waals surface area contributed by atoms with Crippen LogP contribution in [0.25, 0.3) is 0 Å². The van der Waals surface area contributed by atoms with Crippen LogP contribution in [0.4, 0.5) is 0 Å². The number of carbonyl (C=O) groups excluding carboxylic acids is 2. The Bertz CT molecular complexity index is 561. The van der Waals surface area contributed by atoms with Gasteiger partial charge in [-0.3, -0.25) is 30.5 Å². The average Bonchev–Trinajstić information content (AvgIpc) is 3.23. The van der Waals surface area contributed by atoms with Gasteiger partial charge in [-0.2, -0.15) is 0 Å². The first-order chi connectivity index (χ1) is 11.4. The zero-order valence-electron chi connectivity index (χ0n) is 14.1. The lowest BCUT2D eigenvalue weighted by Crippen LogP contribution is -2.84. The molecule has 0 aliphatic carbocycles. The van der Waals surface area contributed by atoms with Crippen molar-refractivity contribution in [3.05, 3.63) is 0 Å². The molecule has 24 heavy (non-hydrogen) atoms. The van der Waals surface area contributed by atoms with Gasteiger partial charge in [0.2, 0.25) is 11.8 Å². The molecule has 0 aromatic carbocycles. The number of amides is 2. The van der Waals surface area contributed by atoms with E-state index in [4.69, 9.17) is 16.6 Å². The van der Waals surface area contributed by atoms with E-state index in [1.54, 1.807) is 0 Å². The Labute approximate surface area is 140 Å². The highest BCUT2D eigenvalue weighted by Gasteiger charge is 2.57. The molecule has 7 N–H and O–H groups in total. The molecule has 4 rings (SSSR count). The van der Waals surface area contributed by atoms with Gasteiger partial charge in [0.25, 0.3) is 0 Å². The summed E-state index contributed by atoms with van der Waals surface area (Å²) < 4.78 is 0. The molecule has 2 saturated heterocycles. The molecule has 0 saturated carbocycles. The Hall–Kier alpha value is -2.36. The number of imide groups is 1. The normalized spacial score (nSPS) is 30.2. The minimum atomic E-state index is -0.101. The topological polar surface area (TPSA) is 151 Å². The summed E-state index contributed by atoms with van der Waals surface area (Å²) in [5.74, 6) is 1.17. The second-order valence-corrected chi connectivity index (χ2v) is 5.96. The van der Waals surface area contributed by atoms with Gasteiger partial charge in [-0.1, -0.05) is 0 Å². The number of hydrogen-bond donors (Lipinski definition) is 5. The van der Waals surface area contributed by atoms with E-state index >= 15 is 0 Å². The molecule has 134 valence electrons. The van der Waals surface area contributed by atoms with Crippen molar-refractivity contribution in [1.29, 1.82) is 0 Å². The third kappa shape index (κ3) is 3.01. The van der Waals surface area contributed by atoms with Gasteiger partial charge in [0.1, 0.15) is 6.04 Å². The molecule has 2 fully saturated rings. The van der Waals surface area contributed by atoms with Crippen molar-refractivity contribution in [2.24, 2.45) is 16.5 Å². The Morgan fingerprint density at radius 1 is 1.29 bits per heavy atom. The molecule has 4 heterocycles. The molecule has 4 aliphatic rings. The van der Waals surface area contributed by atoms with Crippen LogP contribution in [0.5, 0.6) is 0 Å². The SMILES string of the molecule is CN1C(=O)CCC1=O.CO.NC1=NCC2[NH+]=C(N)N[C@@]23CCCN13. The number of guanidine groups is 2. The van der Waals surface area contributed by atoms with Crippen LogP contribution in [0, 0.1) is 0 Å². The fraction of sp³-hybridized carbons (Fsp3) is 0.714. The van der Waals surface area contributed by atoms with Crippen molar-refractivity contribution in [3.63, 3.8) is 0 Å². The lowest BCUT2D eigenvalue weighted by molar-refractivity contribution is -0.504. The molecule has 1 spiro atoms. The van der Waals surface area contributed by atoms with Crippen LogP contribution >= 0.6 is 0 Å². The maximum Gasteiger partial charge on any atom is 0.343 e. The molecule has 0 aromatic rings. The molecule has 0 radical (unpaired) electrons. The van der Waals surface area contributed by atoms with E-state index in [9.17, 15) is 9.59 Å². The number of aliphatic hydroxyl groups excluding tert-OH is 1. The minimum absolute atomic E-state index is 0.0602. The van der Waals surface area contributed by atoms with Crippen LogP contribution in [0.3, 0.4) is 0 Å². The van der Waals surface area contributed by atoms with E-state index < -0.39 is 0 Å². The first-order valence-electron chi connectivity index (χ1n) is 7.93. The molecule has 10 heteroatoms. The molecule has 0 bridgehead atoms. The van der Waals surface area contributed by atoms with Gasteiger partial charge in [0, 0.05) is 40.0 Å². The number of aliphatic hydroxyl groups is 1. The fourth-order valence-corrected chi connectivity index (χ4v) is 3.47. The van der Waals surface area contributed by atoms with Gasteiger partial charge < -0.3 is 15.7 Å². The van der Waals surface area contributed by atoms with Crippen LogP contribution in [-0.2, 0) is 9.59 Å². The number of nitrogens with one attached hydrogen (secondary N) is 2. The second kappa shape index (κ2) is 7.04. The molecule has 4 aliphatic heterocycles. The first kappa shape index (κ1) is 18.0. The molecular weight excluding hydrogens is 314 g/mol. The molecule has 10 nitrogen and oxygen atoms in total. The highest BCUT2D eigenvalue weighted by atomic mass is 16.2. The third-order valence-electron chi connectivity index (χ3n) is 4.69. The summed E-state index contributed by atoms with van der Waals surface area (Å²) in [5.41, 5.74) is 11.5. The van der Waals surface area contributed by atoms with E-state index in [2.05, 4.69) is 20.2 Å². The molecule has 2 atom stereocenters. The first-order valence-corrected chi connectivity index (χ1v) is 7.93. The Balaban J connectivity index is 0.000000179. The Kier molecular flexibility index (Phi) is 5.27.